The first-order chi connectivity index (χ1) is 10.9. The molecule has 2 aliphatic rings. The fourth-order valence-corrected chi connectivity index (χ4v) is 3.59. The van der Waals surface area contributed by atoms with Crippen LogP contribution in [0.3, 0.4) is 0 Å². The van der Waals surface area contributed by atoms with Crippen LogP contribution in [0, 0.1) is 0 Å². The lowest BCUT2D eigenvalue weighted by molar-refractivity contribution is -0.0391. The first kappa shape index (κ1) is 16.3. The zero-order chi connectivity index (χ0) is 16.5. The van der Waals surface area contributed by atoms with E-state index in [2.05, 4.69) is 36.1 Å². The van der Waals surface area contributed by atoms with Crippen molar-refractivity contribution in [3.63, 3.8) is 0 Å². The first-order valence-corrected chi connectivity index (χ1v) is 8.34. The molecule has 0 bridgehead atoms. The van der Waals surface area contributed by atoms with Crippen LogP contribution in [-0.4, -0.2) is 57.7 Å². The minimum Gasteiger partial charge on any atom is -0.373 e. The zero-order valence-corrected chi connectivity index (χ0v) is 14.2. The van der Waals surface area contributed by atoms with Crippen molar-refractivity contribution >= 4 is 5.91 Å². The maximum absolute atomic E-state index is 12.4. The molecule has 2 fully saturated rings. The van der Waals surface area contributed by atoms with Gasteiger partial charge in [-0.1, -0.05) is 0 Å². The highest BCUT2D eigenvalue weighted by Gasteiger charge is 2.44. The first-order valence-electron chi connectivity index (χ1n) is 8.34. The van der Waals surface area contributed by atoms with Crippen molar-refractivity contribution in [2.45, 2.75) is 57.2 Å². The van der Waals surface area contributed by atoms with E-state index in [-0.39, 0.29) is 17.0 Å². The molecule has 1 N–H and O–H groups in total. The Balaban J connectivity index is 1.56. The van der Waals surface area contributed by atoms with Gasteiger partial charge in [-0.05, 0) is 40.0 Å². The van der Waals surface area contributed by atoms with Gasteiger partial charge in [0.15, 0.2) is 0 Å². The quantitative estimate of drug-likeness (QED) is 0.898. The van der Waals surface area contributed by atoms with Gasteiger partial charge in [-0.2, -0.15) is 0 Å². The van der Waals surface area contributed by atoms with Gasteiger partial charge in [-0.15, -0.1) is 0 Å². The van der Waals surface area contributed by atoms with Crippen LogP contribution < -0.4 is 5.32 Å². The fraction of sp³-hybridized carbons (Fsp3) is 0.706. The maximum Gasteiger partial charge on any atom is 0.274 e. The third kappa shape index (κ3) is 3.87. The number of nitrogens with one attached hydrogen (secondary N) is 1. The molecule has 3 rings (SSSR count). The molecule has 1 amide bonds. The second kappa shape index (κ2) is 6.17. The van der Waals surface area contributed by atoms with Gasteiger partial charge in [0.1, 0.15) is 5.69 Å². The number of amides is 1. The third-order valence-electron chi connectivity index (χ3n) is 4.59. The average molecular weight is 318 g/mol. The predicted octanol–water partition coefficient (Wildman–Crippen LogP) is 1.63. The van der Waals surface area contributed by atoms with E-state index in [4.69, 9.17) is 4.74 Å². The average Bonchev–Trinajstić information content (AvgIpc) is 2.89. The Morgan fingerprint density at radius 3 is 2.70 bits per heavy atom. The number of piperidine rings is 1. The molecule has 3 heterocycles. The highest BCUT2D eigenvalue weighted by atomic mass is 16.5. The molecule has 1 atom stereocenters. The Morgan fingerprint density at radius 2 is 2.09 bits per heavy atom. The number of ether oxygens (including phenoxy) is 1. The molecule has 1 aromatic rings. The number of hydrogen-bond donors (Lipinski definition) is 1. The normalized spacial score (nSPS) is 24.1. The number of carbonyl (C=O) groups excluding carboxylic acids is 1. The van der Waals surface area contributed by atoms with Crippen molar-refractivity contribution in [1.82, 2.24) is 20.2 Å². The minimum absolute atomic E-state index is 0.0321. The van der Waals surface area contributed by atoms with Gasteiger partial charge in [0.2, 0.25) is 0 Å². The number of hydrogen-bond acceptors (Lipinski definition) is 5. The molecule has 23 heavy (non-hydrogen) atoms. The number of carbonyl (C=O) groups is 1. The molecule has 0 radical (unpaired) electrons. The van der Waals surface area contributed by atoms with Crippen LogP contribution in [0.5, 0.6) is 0 Å². The van der Waals surface area contributed by atoms with Gasteiger partial charge in [-0.25, -0.2) is 4.98 Å². The molecule has 6 nitrogen and oxygen atoms in total. The summed E-state index contributed by atoms with van der Waals surface area (Å²) >= 11 is 0. The van der Waals surface area contributed by atoms with E-state index < -0.39 is 0 Å². The van der Waals surface area contributed by atoms with Crippen LogP contribution in [0.15, 0.2) is 18.6 Å². The van der Waals surface area contributed by atoms with E-state index in [1.54, 1.807) is 12.4 Å². The number of aromatic nitrogens is 2. The van der Waals surface area contributed by atoms with Crippen molar-refractivity contribution in [2.24, 2.45) is 0 Å². The Kier molecular flexibility index (Phi) is 4.38. The third-order valence-corrected chi connectivity index (χ3v) is 4.59. The lowest BCUT2D eigenvalue weighted by Crippen LogP contribution is -2.48. The molecule has 1 spiro atoms. The number of nitrogens with zero attached hydrogens (tertiary/aromatic N) is 3. The smallest absolute Gasteiger partial charge is 0.274 e. The van der Waals surface area contributed by atoms with Gasteiger partial charge in [-0.3, -0.25) is 9.78 Å². The molecule has 0 aliphatic carbocycles. The monoisotopic (exact) mass is 318 g/mol. The predicted molar refractivity (Wildman–Crippen MR) is 87.1 cm³/mol. The highest BCUT2D eigenvalue weighted by molar-refractivity contribution is 5.92. The van der Waals surface area contributed by atoms with Gasteiger partial charge in [0, 0.05) is 37.1 Å². The van der Waals surface area contributed by atoms with E-state index in [9.17, 15) is 4.79 Å². The Bertz CT molecular complexity index is 547. The topological polar surface area (TPSA) is 67.3 Å². The molecular weight excluding hydrogens is 292 g/mol. The van der Waals surface area contributed by atoms with Crippen molar-refractivity contribution in [3.8, 4) is 0 Å². The van der Waals surface area contributed by atoms with E-state index in [0.29, 0.717) is 11.7 Å². The van der Waals surface area contributed by atoms with Gasteiger partial charge < -0.3 is 15.0 Å². The maximum atomic E-state index is 12.4. The molecule has 0 aromatic carbocycles. The molecule has 1 aromatic heterocycles. The summed E-state index contributed by atoms with van der Waals surface area (Å²) in [6.07, 6.45) is 7.47. The summed E-state index contributed by atoms with van der Waals surface area (Å²) in [5, 5.41) is 3.63. The summed E-state index contributed by atoms with van der Waals surface area (Å²) in [5.74, 6) is -0.0321. The fourth-order valence-electron chi connectivity index (χ4n) is 3.59. The van der Waals surface area contributed by atoms with Crippen LogP contribution in [0.2, 0.25) is 0 Å². The molecular formula is C17H26N4O2. The minimum atomic E-state index is -0.0674. The van der Waals surface area contributed by atoms with Gasteiger partial charge in [0.05, 0.1) is 18.4 Å². The highest BCUT2D eigenvalue weighted by Crippen LogP contribution is 2.36. The lowest BCUT2D eigenvalue weighted by Gasteiger charge is -2.38. The molecule has 0 saturated carbocycles. The van der Waals surface area contributed by atoms with Crippen molar-refractivity contribution in [1.29, 1.82) is 0 Å². The van der Waals surface area contributed by atoms with Gasteiger partial charge >= 0.3 is 0 Å². The second-order valence-electron chi connectivity index (χ2n) is 7.67. The largest absolute Gasteiger partial charge is 0.373 e. The summed E-state index contributed by atoms with van der Waals surface area (Å²) in [6.45, 7) is 8.74. The molecule has 1 unspecified atom stereocenters. The van der Waals surface area contributed by atoms with Crippen molar-refractivity contribution < 1.29 is 9.53 Å². The number of rotatable bonds is 2. The summed E-state index contributed by atoms with van der Waals surface area (Å²) in [4.78, 5) is 22.4. The Morgan fingerprint density at radius 1 is 1.35 bits per heavy atom. The Labute approximate surface area is 137 Å². The van der Waals surface area contributed by atoms with Crippen LogP contribution in [0.1, 0.15) is 50.5 Å². The van der Waals surface area contributed by atoms with E-state index in [1.165, 1.54) is 6.20 Å². The van der Waals surface area contributed by atoms with Crippen LogP contribution in [0.4, 0.5) is 0 Å². The van der Waals surface area contributed by atoms with Crippen molar-refractivity contribution in [2.75, 3.05) is 19.7 Å². The number of likely N-dealkylation sites (tertiary alicyclic amines) is 1. The summed E-state index contributed by atoms with van der Waals surface area (Å²) in [5.41, 5.74) is 0.452. The van der Waals surface area contributed by atoms with Crippen LogP contribution in [-0.2, 0) is 4.74 Å². The summed E-state index contributed by atoms with van der Waals surface area (Å²) < 4.78 is 6.15. The van der Waals surface area contributed by atoms with Crippen molar-refractivity contribution in [3.05, 3.63) is 24.3 Å². The molecule has 6 heteroatoms. The molecule has 2 saturated heterocycles. The van der Waals surface area contributed by atoms with E-state index >= 15 is 0 Å². The molecule has 2 aliphatic heterocycles. The Hall–Kier alpha value is -1.53. The standard InChI is InChI=1S/C17H26N4O2/c1-16(2,3)20-13-10-17(23-12-13)4-8-21(9-5-17)15(22)14-11-18-6-7-19-14/h6-7,11,13,20H,4-5,8-10,12H2,1-3H3. The zero-order valence-electron chi connectivity index (χ0n) is 14.2. The summed E-state index contributed by atoms with van der Waals surface area (Å²) in [6, 6.07) is 0.400. The van der Waals surface area contributed by atoms with E-state index in [1.807, 2.05) is 4.90 Å². The molecule has 126 valence electrons. The van der Waals surface area contributed by atoms with Crippen LogP contribution >= 0.6 is 0 Å². The second-order valence-corrected chi connectivity index (χ2v) is 7.67. The summed E-state index contributed by atoms with van der Waals surface area (Å²) in [7, 11) is 0. The van der Waals surface area contributed by atoms with E-state index in [0.717, 1.165) is 39.0 Å². The van der Waals surface area contributed by atoms with Crippen LogP contribution in [0.25, 0.3) is 0 Å². The SMILES string of the molecule is CC(C)(C)NC1COC2(CCN(C(=O)c3cnccn3)CC2)C1. The van der Waals surface area contributed by atoms with Gasteiger partial charge in [0.25, 0.3) is 5.91 Å². The lowest BCUT2D eigenvalue weighted by atomic mass is 9.87.